The Labute approximate surface area is 155 Å². The quantitative estimate of drug-likeness (QED) is 0.792. The van der Waals surface area contributed by atoms with Crippen LogP contribution in [-0.2, 0) is 9.53 Å². The summed E-state index contributed by atoms with van der Waals surface area (Å²) >= 11 is 0. The summed E-state index contributed by atoms with van der Waals surface area (Å²) in [4.78, 5) is 27.1. The molecule has 3 saturated heterocycles. The van der Waals surface area contributed by atoms with Crippen molar-refractivity contribution >= 4 is 11.9 Å². The van der Waals surface area contributed by atoms with Crippen LogP contribution in [-0.4, -0.2) is 54.2 Å². The van der Waals surface area contributed by atoms with Gasteiger partial charge in [0.2, 0.25) is 5.91 Å². The molecule has 3 amide bonds. The number of amides is 3. The number of carbonyl (C=O) groups is 2. The fraction of sp³-hybridized carbons (Fsp3) is 0.900. The van der Waals surface area contributed by atoms with Crippen LogP contribution in [0.15, 0.2) is 0 Å². The molecule has 2 unspecified atom stereocenters. The van der Waals surface area contributed by atoms with Gasteiger partial charge in [-0.25, -0.2) is 4.79 Å². The summed E-state index contributed by atoms with van der Waals surface area (Å²) in [6.45, 7) is 2.60. The zero-order chi connectivity index (χ0) is 17.8. The third-order valence-corrected chi connectivity index (χ3v) is 8.03. The third kappa shape index (κ3) is 2.48. The molecule has 2 spiro atoms. The average molecular weight is 361 g/mol. The van der Waals surface area contributed by atoms with Gasteiger partial charge >= 0.3 is 6.03 Å². The molecule has 0 aromatic rings. The molecule has 5 rings (SSSR count). The molecule has 26 heavy (non-hydrogen) atoms. The van der Waals surface area contributed by atoms with Crippen LogP contribution >= 0.6 is 0 Å². The van der Waals surface area contributed by atoms with Gasteiger partial charge in [-0.2, -0.15) is 0 Å². The SMILES string of the molecule is O=C1CCC(NC(=O)N2CC3(CCC3)C2C2CCOCC2)C2(CCC2)N1. The van der Waals surface area contributed by atoms with E-state index in [1.807, 2.05) is 0 Å². The van der Waals surface area contributed by atoms with Crippen molar-refractivity contribution in [1.29, 1.82) is 0 Å². The minimum absolute atomic E-state index is 0.0923. The predicted molar refractivity (Wildman–Crippen MR) is 96.6 cm³/mol. The number of ether oxygens (including phenoxy) is 1. The van der Waals surface area contributed by atoms with Gasteiger partial charge in [0.25, 0.3) is 0 Å². The Morgan fingerprint density at radius 3 is 2.46 bits per heavy atom. The summed E-state index contributed by atoms with van der Waals surface area (Å²) in [7, 11) is 0. The lowest BCUT2D eigenvalue weighted by Crippen LogP contribution is -2.75. The van der Waals surface area contributed by atoms with Gasteiger partial charge in [-0.1, -0.05) is 6.42 Å². The van der Waals surface area contributed by atoms with Crippen LogP contribution in [0.4, 0.5) is 4.79 Å². The van der Waals surface area contributed by atoms with Crippen LogP contribution in [0.1, 0.15) is 64.2 Å². The van der Waals surface area contributed by atoms with Gasteiger partial charge < -0.3 is 20.3 Å². The number of likely N-dealkylation sites (tertiary alicyclic amines) is 1. The molecule has 2 atom stereocenters. The van der Waals surface area contributed by atoms with Crippen molar-refractivity contribution in [2.45, 2.75) is 81.8 Å². The summed E-state index contributed by atoms with van der Waals surface area (Å²) in [5.74, 6) is 0.736. The van der Waals surface area contributed by atoms with Gasteiger partial charge in [-0.05, 0) is 57.3 Å². The zero-order valence-corrected chi connectivity index (χ0v) is 15.6. The monoisotopic (exact) mass is 361 g/mol. The summed E-state index contributed by atoms with van der Waals surface area (Å²) in [6, 6.07) is 0.594. The first-order valence-corrected chi connectivity index (χ1v) is 10.6. The second-order valence-electron chi connectivity index (χ2n) is 9.34. The Bertz CT molecular complexity index is 593. The minimum atomic E-state index is -0.168. The van der Waals surface area contributed by atoms with Crippen molar-refractivity contribution in [2.75, 3.05) is 19.8 Å². The maximum atomic E-state index is 13.2. The summed E-state index contributed by atoms with van der Waals surface area (Å²) < 4.78 is 5.56. The van der Waals surface area contributed by atoms with Crippen LogP contribution in [0.3, 0.4) is 0 Å². The Kier molecular flexibility index (Phi) is 3.96. The van der Waals surface area contributed by atoms with E-state index in [-0.39, 0.29) is 23.5 Å². The molecule has 2 N–H and O–H groups in total. The number of nitrogens with zero attached hydrogens (tertiary/aromatic N) is 1. The Morgan fingerprint density at radius 1 is 1.12 bits per heavy atom. The van der Waals surface area contributed by atoms with Gasteiger partial charge in [0.05, 0.1) is 11.6 Å². The molecule has 2 aliphatic carbocycles. The lowest BCUT2D eigenvalue weighted by molar-refractivity contribution is -0.139. The van der Waals surface area contributed by atoms with E-state index in [2.05, 4.69) is 15.5 Å². The number of piperidine rings is 1. The van der Waals surface area contributed by atoms with Crippen molar-refractivity contribution in [3.05, 3.63) is 0 Å². The molecule has 144 valence electrons. The van der Waals surface area contributed by atoms with Crippen molar-refractivity contribution < 1.29 is 14.3 Å². The van der Waals surface area contributed by atoms with Gasteiger partial charge in [-0.3, -0.25) is 4.79 Å². The van der Waals surface area contributed by atoms with E-state index >= 15 is 0 Å². The molecule has 5 aliphatic rings. The van der Waals surface area contributed by atoms with Crippen molar-refractivity contribution in [1.82, 2.24) is 15.5 Å². The highest BCUT2D eigenvalue weighted by atomic mass is 16.5. The van der Waals surface area contributed by atoms with Crippen LogP contribution < -0.4 is 10.6 Å². The van der Waals surface area contributed by atoms with Gasteiger partial charge in [0, 0.05) is 37.6 Å². The largest absolute Gasteiger partial charge is 0.381 e. The standard InChI is InChI=1S/C20H31N3O3/c24-16-4-3-15(20(22-16)9-2-10-20)21-18(25)23-13-19(7-1-8-19)17(23)14-5-11-26-12-6-14/h14-15,17H,1-13H2,(H,21,25)(H,22,24). The topological polar surface area (TPSA) is 70.7 Å². The number of hydrogen-bond donors (Lipinski definition) is 2. The van der Waals surface area contributed by atoms with Crippen molar-refractivity contribution in [3.8, 4) is 0 Å². The molecular formula is C20H31N3O3. The van der Waals surface area contributed by atoms with Gasteiger partial charge in [0.15, 0.2) is 0 Å². The fourth-order valence-corrected chi connectivity index (χ4v) is 6.27. The van der Waals surface area contributed by atoms with E-state index in [9.17, 15) is 9.59 Å². The summed E-state index contributed by atoms with van der Waals surface area (Å²) in [5.41, 5.74) is 0.229. The van der Waals surface area contributed by atoms with E-state index in [0.29, 0.717) is 23.8 Å². The fourth-order valence-electron chi connectivity index (χ4n) is 6.27. The smallest absolute Gasteiger partial charge is 0.317 e. The van der Waals surface area contributed by atoms with E-state index in [4.69, 9.17) is 4.74 Å². The Balaban J connectivity index is 1.28. The molecule has 3 aliphatic heterocycles. The van der Waals surface area contributed by atoms with Crippen LogP contribution in [0.2, 0.25) is 0 Å². The number of hydrogen-bond acceptors (Lipinski definition) is 3. The molecule has 0 bridgehead atoms. The first-order valence-electron chi connectivity index (χ1n) is 10.6. The molecule has 6 nitrogen and oxygen atoms in total. The lowest BCUT2D eigenvalue weighted by atomic mass is 9.54. The highest BCUT2D eigenvalue weighted by Gasteiger charge is 2.60. The maximum Gasteiger partial charge on any atom is 0.317 e. The molecule has 3 heterocycles. The molecule has 0 aromatic carbocycles. The van der Waals surface area contributed by atoms with Crippen LogP contribution in [0.25, 0.3) is 0 Å². The predicted octanol–water partition coefficient (Wildman–Crippen LogP) is 2.18. The van der Waals surface area contributed by atoms with E-state index in [1.165, 1.54) is 19.3 Å². The van der Waals surface area contributed by atoms with E-state index in [0.717, 1.165) is 58.3 Å². The number of nitrogens with one attached hydrogen (secondary N) is 2. The minimum Gasteiger partial charge on any atom is -0.381 e. The average Bonchev–Trinajstić information content (AvgIpc) is 2.54. The van der Waals surface area contributed by atoms with E-state index in [1.54, 1.807) is 0 Å². The summed E-state index contributed by atoms with van der Waals surface area (Å²) in [6.07, 6.45) is 10.5. The van der Waals surface area contributed by atoms with Crippen molar-refractivity contribution in [2.24, 2.45) is 11.3 Å². The molecule has 5 fully saturated rings. The number of rotatable bonds is 2. The lowest BCUT2D eigenvalue weighted by Gasteiger charge is -2.65. The van der Waals surface area contributed by atoms with Gasteiger partial charge in [0.1, 0.15) is 0 Å². The highest BCUT2D eigenvalue weighted by Crippen LogP contribution is 2.56. The maximum absolute atomic E-state index is 13.2. The Hall–Kier alpha value is -1.30. The first kappa shape index (κ1) is 16.8. The second kappa shape index (κ2) is 6.11. The summed E-state index contributed by atoms with van der Waals surface area (Å²) in [5, 5.41) is 6.51. The normalized spacial score (nSPS) is 35.2. The third-order valence-electron chi connectivity index (χ3n) is 8.03. The van der Waals surface area contributed by atoms with E-state index < -0.39 is 0 Å². The van der Waals surface area contributed by atoms with Crippen LogP contribution in [0.5, 0.6) is 0 Å². The highest BCUT2D eigenvalue weighted by molar-refractivity contribution is 5.80. The molecule has 0 aromatic heterocycles. The zero-order valence-electron chi connectivity index (χ0n) is 15.6. The number of carbonyl (C=O) groups excluding carboxylic acids is 2. The van der Waals surface area contributed by atoms with Gasteiger partial charge in [-0.15, -0.1) is 0 Å². The van der Waals surface area contributed by atoms with Crippen molar-refractivity contribution in [3.63, 3.8) is 0 Å². The molecule has 6 heteroatoms. The second-order valence-corrected chi connectivity index (χ2v) is 9.34. The molecule has 0 radical (unpaired) electrons. The molecule has 2 saturated carbocycles. The molecular weight excluding hydrogens is 330 g/mol. The first-order chi connectivity index (χ1) is 12.6. The Morgan fingerprint density at radius 2 is 1.85 bits per heavy atom. The van der Waals surface area contributed by atoms with Crippen LogP contribution in [0, 0.1) is 11.3 Å². The number of urea groups is 1.